The fourth-order valence-electron chi connectivity index (χ4n) is 2.07. The van der Waals surface area contributed by atoms with Crippen LogP contribution < -0.4 is 10.1 Å². The van der Waals surface area contributed by atoms with Gasteiger partial charge in [-0.05, 0) is 54.3 Å². The Labute approximate surface area is 138 Å². The van der Waals surface area contributed by atoms with Gasteiger partial charge >= 0.3 is 0 Å². The molecule has 0 aliphatic carbocycles. The molecule has 0 aromatic heterocycles. The number of halogens is 1. The monoisotopic (exact) mass is 317 g/mol. The van der Waals surface area contributed by atoms with Gasteiger partial charge in [0.25, 0.3) is 0 Å². The van der Waals surface area contributed by atoms with Gasteiger partial charge in [-0.2, -0.15) is 0 Å². The second kappa shape index (κ2) is 8.82. The number of hydrogen-bond acceptors (Lipinski definition) is 2. The summed E-state index contributed by atoms with van der Waals surface area (Å²) in [7, 11) is 0. The second-order valence-corrected chi connectivity index (χ2v) is 6.35. The Kier molecular flexibility index (Phi) is 6.75. The van der Waals surface area contributed by atoms with Crippen molar-refractivity contribution >= 4 is 11.6 Å². The Hall–Kier alpha value is -1.51. The summed E-state index contributed by atoms with van der Waals surface area (Å²) in [6.07, 6.45) is 1.21. The van der Waals surface area contributed by atoms with Gasteiger partial charge in [0.05, 0.1) is 0 Å². The van der Waals surface area contributed by atoms with Gasteiger partial charge in [-0.15, -0.1) is 0 Å². The van der Waals surface area contributed by atoms with E-state index in [2.05, 4.69) is 31.3 Å². The van der Waals surface area contributed by atoms with Crippen molar-refractivity contribution in [2.24, 2.45) is 5.92 Å². The Morgan fingerprint density at radius 3 is 2.23 bits per heavy atom. The average Bonchev–Trinajstić information content (AvgIpc) is 2.52. The molecule has 0 heterocycles. The Morgan fingerprint density at radius 1 is 0.955 bits per heavy atom. The minimum absolute atomic E-state index is 0.559. The maximum absolute atomic E-state index is 5.87. The zero-order valence-electron chi connectivity index (χ0n) is 13.3. The number of ether oxygens (including phenoxy) is 1. The minimum atomic E-state index is 0.559. The number of rotatable bonds is 8. The third kappa shape index (κ3) is 6.08. The lowest BCUT2D eigenvalue weighted by atomic mass is 10.1. The van der Waals surface area contributed by atoms with E-state index in [9.17, 15) is 0 Å². The summed E-state index contributed by atoms with van der Waals surface area (Å²) in [5, 5.41) is 4.21. The van der Waals surface area contributed by atoms with Crippen molar-refractivity contribution in [3.8, 4) is 5.75 Å². The predicted molar refractivity (Wildman–Crippen MR) is 93.4 cm³/mol. The van der Waals surface area contributed by atoms with Gasteiger partial charge in [0.2, 0.25) is 0 Å². The topological polar surface area (TPSA) is 21.3 Å². The SMILES string of the molecule is CC(C)CCNCc1ccc(OCc2ccc(Cl)cc2)cc1. The fourth-order valence-corrected chi connectivity index (χ4v) is 2.20. The summed E-state index contributed by atoms with van der Waals surface area (Å²) in [6, 6.07) is 16.0. The van der Waals surface area contributed by atoms with Crippen LogP contribution in [0.1, 0.15) is 31.4 Å². The van der Waals surface area contributed by atoms with Crippen molar-refractivity contribution in [3.05, 3.63) is 64.7 Å². The zero-order chi connectivity index (χ0) is 15.8. The van der Waals surface area contributed by atoms with E-state index < -0.39 is 0 Å². The molecular weight excluding hydrogens is 294 g/mol. The molecule has 3 heteroatoms. The Bertz CT molecular complexity index is 549. The van der Waals surface area contributed by atoms with Crippen molar-refractivity contribution in [1.82, 2.24) is 5.32 Å². The highest BCUT2D eigenvalue weighted by molar-refractivity contribution is 6.30. The van der Waals surface area contributed by atoms with Crippen molar-refractivity contribution < 1.29 is 4.74 Å². The maximum atomic E-state index is 5.87. The Morgan fingerprint density at radius 2 is 1.59 bits per heavy atom. The molecule has 0 saturated heterocycles. The quantitative estimate of drug-likeness (QED) is 0.687. The standard InChI is InChI=1S/C19H24ClNO/c1-15(2)11-12-21-13-16-5-9-19(10-6-16)22-14-17-3-7-18(20)8-4-17/h3-10,15,21H,11-14H2,1-2H3. The molecule has 0 atom stereocenters. The maximum Gasteiger partial charge on any atom is 0.119 e. The van der Waals surface area contributed by atoms with E-state index in [1.54, 1.807) is 0 Å². The molecule has 0 radical (unpaired) electrons. The van der Waals surface area contributed by atoms with Crippen molar-refractivity contribution in [2.45, 2.75) is 33.4 Å². The van der Waals surface area contributed by atoms with Crippen LogP contribution in [0.4, 0.5) is 0 Å². The van der Waals surface area contributed by atoms with Crippen molar-refractivity contribution in [3.63, 3.8) is 0 Å². The van der Waals surface area contributed by atoms with E-state index in [1.807, 2.05) is 36.4 Å². The molecule has 0 amide bonds. The highest BCUT2D eigenvalue weighted by Crippen LogP contribution is 2.15. The van der Waals surface area contributed by atoms with Gasteiger partial charge < -0.3 is 10.1 Å². The van der Waals surface area contributed by atoms with Crippen molar-refractivity contribution in [2.75, 3.05) is 6.54 Å². The van der Waals surface area contributed by atoms with Crippen LogP contribution in [0.5, 0.6) is 5.75 Å². The summed E-state index contributed by atoms with van der Waals surface area (Å²) < 4.78 is 5.78. The van der Waals surface area contributed by atoms with E-state index in [0.717, 1.165) is 35.3 Å². The van der Waals surface area contributed by atoms with E-state index in [4.69, 9.17) is 16.3 Å². The van der Waals surface area contributed by atoms with Crippen molar-refractivity contribution in [1.29, 1.82) is 0 Å². The molecule has 2 aromatic carbocycles. The first kappa shape index (κ1) is 16.9. The van der Waals surface area contributed by atoms with E-state index in [-0.39, 0.29) is 0 Å². The van der Waals surface area contributed by atoms with Gasteiger partial charge in [-0.3, -0.25) is 0 Å². The third-order valence-electron chi connectivity index (χ3n) is 3.47. The first-order chi connectivity index (χ1) is 10.6. The van der Waals surface area contributed by atoms with Crippen LogP contribution in [-0.4, -0.2) is 6.54 Å². The van der Waals surface area contributed by atoms with E-state index in [1.165, 1.54) is 12.0 Å². The van der Waals surface area contributed by atoms with Crippen LogP contribution in [0.2, 0.25) is 5.02 Å². The van der Waals surface area contributed by atoms with E-state index >= 15 is 0 Å². The Balaban J connectivity index is 1.75. The minimum Gasteiger partial charge on any atom is -0.489 e. The van der Waals surface area contributed by atoms with Gasteiger partial charge in [0, 0.05) is 11.6 Å². The molecule has 0 aliphatic heterocycles. The van der Waals surface area contributed by atoms with Gasteiger partial charge in [-0.25, -0.2) is 0 Å². The van der Waals surface area contributed by atoms with Crippen LogP contribution in [0, 0.1) is 5.92 Å². The number of nitrogens with one attached hydrogen (secondary N) is 1. The smallest absolute Gasteiger partial charge is 0.119 e. The third-order valence-corrected chi connectivity index (χ3v) is 3.72. The van der Waals surface area contributed by atoms with Gasteiger partial charge in [-0.1, -0.05) is 49.7 Å². The lowest BCUT2D eigenvalue weighted by Gasteiger charge is -2.09. The lowest BCUT2D eigenvalue weighted by molar-refractivity contribution is 0.306. The molecule has 0 bridgehead atoms. The summed E-state index contributed by atoms with van der Waals surface area (Å²) in [5.41, 5.74) is 2.39. The summed E-state index contributed by atoms with van der Waals surface area (Å²) in [5.74, 6) is 1.64. The highest BCUT2D eigenvalue weighted by atomic mass is 35.5. The van der Waals surface area contributed by atoms with Crippen LogP contribution >= 0.6 is 11.6 Å². The summed E-state index contributed by atoms with van der Waals surface area (Å²) in [4.78, 5) is 0. The molecular formula is C19H24ClNO. The van der Waals surface area contributed by atoms with Crippen LogP contribution in [0.15, 0.2) is 48.5 Å². The number of benzene rings is 2. The lowest BCUT2D eigenvalue weighted by Crippen LogP contribution is -2.16. The normalized spacial score (nSPS) is 10.9. The largest absolute Gasteiger partial charge is 0.489 e. The molecule has 0 aliphatic rings. The van der Waals surface area contributed by atoms with Crippen LogP contribution in [-0.2, 0) is 13.2 Å². The molecule has 22 heavy (non-hydrogen) atoms. The molecule has 0 saturated carbocycles. The van der Waals surface area contributed by atoms with Crippen LogP contribution in [0.3, 0.4) is 0 Å². The van der Waals surface area contributed by atoms with Gasteiger partial charge in [0.15, 0.2) is 0 Å². The number of hydrogen-bond donors (Lipinski definition) is 1. The molecule has 1 N–H and O–H groups in total. The molecule has 0 fully saturated rings. The molecule has 2 aromatic rings. The molecule has 118 valence electrons. The zero-order valence-corrected chi connectivity index (χ0v) is 14.1. The highest BCUT2D eigenvalue weighted by Gasteiger charge is 1.98. The van der Waals surface area contributed by atoms with Crippen LogP contribution in [0.25, 0.3) is 0 Å². The fraction of sp³-hybridized carbons (Fsp3) is 0.368. The predicted octanol–water partition coefficient (Wildman–Crippen LogP) is 5.05. The average molecular weight is 318 g/mol. The molecule has 0 spiro atoms. The summed E-state index contributed by atoms with van der Waals surface area (Å²) in [6.45, 7) is 7.02. The molecule has 0 unspecified atom stereocenters. The first-order valence-electron chi connectivity index (χ1n) is 7.80. The van der Waals surface area contributed by atoms with E-state index in [0.29, 0.717) is 6.61 Å². The van der Waals surface area contributed by atoms with Gasteiger partial charge in [0.1, 0.15) is 12.4 Å². The first-order valence-corrected chi connectivity index (χ1v) is 8.18. The second-order valence-electron chi connectivity index (χ2n) is 5.92. The summed E-state index contributed by atoms with van der Waals surface area (Å²) >= 11 is 5.87. The molecule has 2 rings (SSSR count). The molecule has 2 nitrogen and oxygen atoms in total.